The van der Waals surface area contributed by atoms with Crippen molar-refractivity contribution < 1.29 is 37.6 Å². The van der Waals surface area contributed by atoms with E-state index in [0.29, 0.717) is 6.42 Å². The van der Waals surface area contributed by atoms with E-state index in [9.17, 15) is 19.0 Å². The van der Waals surface area contributed by atoms with Gasteiger partial charge in [0.25, 0.3) is 0 Å². The molecule has 2 unspecified atom stereocenters. The lowest BCUT2D eigenvalue weighted by Gasteiger charge is -2.19. The number of nitrogens with two attached hydrogens (primary N) is 1. The van der Waals surface area contributed by atoms with Crippen molar-refractivity contribution in [2.75, 3.05) is 26.4 Å². The predicted molar refractivity (Wildman–Crippen MR) is 243 cm³/mol. The minimum atomic E-state index is -4.37. The number of hydrogen-bond acceptors (Lipinski definition) is 8. The van der Waals surface area contributed by atoms with Crippen LogP contribution in [0.1, 0.15) is 264 Å². The second kappa shape index (κ2) is 45.5. The summed E-state index contributed by atoms with van der Waals surface area (Å²) < 4.78 is 32.8. The third-order valence-electron chi connectivity index (χ3n) is 11.2. The van der Waals surface area contributed by atoms with Gasteiger partial charge in [-0.15, -0.1) is 0 Å². The van der Waals surface area contributed by atoms with E-state index in [0.717, 1.165) is 32.1 Å². The summed E-state index contributed by atoms with van der Waals surface area (Å²) in [6.45, 7) is 3.77. The highest BCUT2D eigenvalue weighted by molar-refractivity contribution is 7.47. The molecular weight excluding hydrogens is 750 g/mol. The monoisotopic (exact) mass is 846 g/mol. The van der Waals surface area contributed by atoms with Crippen LogP contribution < -0.4 is 5.73 Å². The zero-order chi connectivity index (χ0) is 42.5. The van der Waals surface area contributed by atoms with Crippen molar-refractivity contribution in [3.05, 3.63) is 0 Å². The molecule has 0 heterocycles. The van der Waals surface area contributed by atoms with Gasteiger partial charge in [0.1, 0.15) is 6.61 Å². The van der Waals surface area contributed by atoms with Crippen molar-refractivity contribution in [2.24, 2.45) is 5.73 Å². The van der Waals surface area contributed by atoms with Gasteiger partial charge < -0.3 is 20.1 Å². The molecule has 0 aromatic carbocycles. The Bertz CT molecular complexity index is 922. The first-order chi connectivity index (χ1) is 28.3. The van der Waals surface area contributed by atoms with Gasteiger partial charge >= 0.3 is 19.8 Å². The molecule has 0 spiro atoms. The molecule has 2 atom stereocenters. The van der Waals surface area contributed by atoms with Crippen molar-refractivity contribution in [3.8, 4) is 0 Å². The van der Waals surface area contributed by atoms with Crippen LogP contribution in [0.3, 0.4) is 0 Å². The summed E-state index contributed by atoms with van der Waals surface area (Å²) in [5, 5.41) is 0. The van der Waals surface area contributed by atoms with Gasteiger partial charge in [-0.1, -0.05) is 239 Å². The van der Waals surface area contributed by atoms with Crippen molar-refractivity contribution >= 4 is 19.8 Å². The summed E-state index contributed by atoms with van der Waals surface area (Å²) in [5.41, 5.74) is 5.35. The van der Waals surface area contributed by atoms with Gasteiger partial charge in [0, 0.05) is 19.4 Å². The average Bonchev–Trinajstić information content (AvgIpc) is 3.21. The van der Waals surface area contributed by atoms with E-state index in [2.05, 4.69) is 13.8 Å². The van der Waals surface area contributed by atoms with E-state index in [-0.39, 0.29) is 38.6 Å². The highest BCUT2D eigenvalue weighted by Gasteiger charge is 2.26. The fraction of sp³-hybridized carbons (Fsp3) is 0.958. The molecule has 0 rings (SSSR count). The third kappa shape index (κ3) is 44.6. The Hall–Kier alpha value is -0.990. The quantitative estimate of drug-likeness (QED) is 0.0349. The van der Waals surface area contributed by atoms with E-state index in [1.165, 1.54) is 199 Å². The molecule has 346 valence electrons. The van der Waals surface area contributed by atoms with Crippen LogP contribution in [-0.4, -0.2) is 49.3 Å². The summed E-state index contributed by atoms with van der Waals surface area (Å²) in [6, 6.07) is 0. The Morgan fingerprint density at radius 2 is 0.741 bits per heavy atom. The van der Waals surface area contributed by atoms with Crippen molar-refractivity contribution in [1.82, 2.24) is 0 Å². The first-order valence-corrected chi connectivity index (χ1v) is 26.5. The SMILES string of the molecule is CCCCCCCCCCCCCCCCCCCCCCCCCCCCCC(=O)OC(COC(=O)CCCCCCCCCCCC)COP(=O)(O)OCCN. The van der Waals surface area contributed by atoms with Crippen LogP contribution in [0.4, 0.5) is 0 Å². The highest BCUT2D eigenvalue weighted by Crippen LogP contribution is 2.43. The minimum Gasteiger partial charge on any atom is -0.462 e. The zero-order valence-electron chi connectivity index (χ0n) is 38.3. The van der Waals surface area contributed by atoms with Gasteiger partial charge in [0.05, 0.1) is 13.2 Å². The largest absolute Gasteiger partial charge is 0.472 e. The first kappa shape index (κ1) is 57.0. The number of phosphoric ester groups is 1. The lowest BCUT2D eigenvalue weighted by Crippen LogP contribution is -2.29. The molecule has 3 N–H and O–H groups in total. The van der Waals surface area contributed by atoms with Crippen molar-refractivity contribution in [2.45, 2.75) is 270 Å². The van der Waals surface area contributed by atoms with E-state index in [1.807, 2.05) is 0 Å². The van der Waals surface area contributed by atoms with Crippen LogP contribution in [0.2, 0.25) is 0 Å². The standard InChI is InChI=1S/C48H96NO8P/c1-3-5-7-9-11-13-15-16-17-18-19-20-21-22-23-24-25-26-27-28-29-30-31-33-35-37-39-41-48(51)57-46(45-56-58(52,53)55-43-42-49)44-54-47(50)40-38-36-34-32-14-12-10-8-6-4-2/h46H,3-45,49H2,1-2H3,(H,52,53). The molecular formula is C48H96NO8P. The maximum absolute atomic E-state index is 12.6. The van der Waals surface area contributed by atoms with E-state index < -0.39 is 26.5 Å². The van der Waals surface area contributed by atoms with Crippen LogP contribution in [0, 0.1) is 0 Å². The molecule has 0 radical (unpaired) electrons. The fourth-order valence-electron chi connectivity index (χ4n) is 7.52. The molecule has 9 nitrogen and oxygen atoms in total. The molecule has 58 heavy (non-hydrogen) atoms. The molecule has 0 aliphatic heterocycles. The number of esters is 2. The lowest BCUT2D eigenvalue weighted by molar-refractivity contribution is -0.161. The number of ether oxygens (including phenoxy) is 2. The van der Waals surface area contributed by atoms with Gasteiger partial charge in [-0.2, -0.15) is 0 Å². The molecule has 0 saturated heterocycles. The predicted octanol–water partition coefficient (Wildman–Crippen LogP) is 14.8. The van der Waals surface area contributed by atoms with Gasteiger partial charge in [-0.25, -0.2) is 4.57 Å². The Balaban J connectivity index is 3.86. The van der Waals surface area contributed by atoms with Crippen LogP contribution in [-0.2, 0) is 32.7 Å². The number of carbonyl (C=O) groups excluding carboxylic acids is 2. The van der Waals surface area contributed by atoms with Gasteiger partial charge in [0.2, 0.25) is 0 Å². The Morgan fingerprint density at radius 3 is 1.05 bits per heavy atom. The van der Waals surface area contributed by atoms with Gasteiger partial charge in [-0.05, 0) is 12.8 Å². The fourth-order valence-corrected chi connectivity index (χ4v) is 8.29. The van der Waals surface area contributed by atoms with E-state index in [1.54, 1.807) is 0 Å². The normalized spacial score (nSPS) is 13.1. The second-order valence-electron chi connectivity index (χ2n) is 17.1. The zero-order valence-corrected chi connectivity index (χ0v) is 39.2. The summed E-state index contributed by atoms with van der Waals surface area (Å²) in [7, 11) is -4.37. The molecule has 0 fully saturated rings. The van der Waals surface area contributed by atoms with Crippen LogP contribution in [0.5, 0.6) is 0 Å². The Morgan fingerprint density at radius 1 is 0.448 bits per heavy atom. The summed E-state index contributed by atoms with van der Waals surface area (Å²) in [5.74, 6) is -0.813. The van der Waals surface area contributed by atoms with Gasteiger partial charge in [0.15, 0.2) is 6.10 Å². The average molecular weight is 846 g/mol. The highest BCUT2D eigenvalue weighted by atomic mass is 31.2. The molecule has 0 bridgehead atoms. The molecule has 0 aliphatic carbocycles. The third-order valence-corrected chi connectivity index (χ3v) is 12.2. The molecule has 0 aliphatic rings. The molecule has 0 saturated carbocycles. The smallest absolute Gasteiger partial charge is 0.462 e. The maximum atomic E-state index is 12.6. The number of carbonyl (C=O) groups is 2. The van der Waals surface area contributed by atoms with Crippen molar-refractivity contribution in [3.63, 3.8) is 0 Å². The number of phosphoric acid groups is 1. The molecule has 0 amide bonds. The van der Waals surface area contributed by atoms with Crippen molar-refractivity contribution in [1.29, 1.82) is 0 Å². The van der Waals surface area contributed by atoms with Crippen LogP contribution >= 0.6 is 7.82 Å². The number of unbranched alkanes of at least 4 members (excludes halogenated alkanes) is 35. The molecule has 0 aromatic rings. The minimum absolute atomic E-state index is 0.0581. The maximum Gasteiger partial charge on any atom is 0.472 e. The lowest BCUT2D eigenvalue weighted by atomic mass is 10.0. The number of hydrogen-bond donors (Lipinski definition) is 2. The first-order valence-electron chi connectivity index (χ1n) is 25.0. The number of rotatable bonds is 48. The second-order valence-corrected chi connectivity index (χ2v) is 18.5. The van der Waals surface area contributed by atoms with Crippen LogP contribution in [0.25, 0.3) is 0 Å². The van der Waals surface area contributed by atoms with E-state index in [4.69, 9.17) is 24.3 Å². The topological polar surface area (TPSA) is 134 Å². The van der Waals surface area contributed by atoms with E-state index >= 15 is 0 Å². The Kier molecular flexibility index (Phi) is 44.8. The summed E-state index contributed by atoms with van der Waals surface area (Å²) in [4.78, 5) is 34.9. The summed E-state index contributed by atoms with van der Waals surface area (Å²) in [6.07, 6.45) is 47.4. The summed E-state index contributed by atoms with van der Waals surface area (Å²) >= 11 is 0. The Labute approximate surface area is 358 Å². The molecule has 10 heteroatoms. The van der Waals surface area contributed by atoms with Gasteiger partial charge in [-0.3, -0.25) is 18.6 Å². The van der Waals surface area contributed by atoms with Crippen LogP contribution in [0.15, 0.2) is 0 Å². The molecule has 0 aromatic heterocycles.